The molecule has 0 unspecified atom stereocenters. The predicted molar refractivity (Wildman–Crippen MR) is 52.1 cm³/mol. The van der Waals surface area contributed by atoms with E-state index in [9.17, 15) is 0 Å². The van der Waals surface area contributed by atoms with Crippen molar-refractivity contribution in [3.05, 3.63) is 0 Å². The van der Waals surface area contributed by atoms with Gasteiger partial charge in [-0.05, 0) is 13.6 Å². The minimum Gasteiger partial charge on any atom is -0.391 e. The molecule has 0 rings (SSSR count). The van der Waals surface area contributed by atoms with Crippen LogP contribution in [0.2, 0.25) is 0 Å². The van der Waals surface area contributed by atoms with Crippen molar-refractivity contribution in [1.82, 2.24) is 4.90 Å². The van der Waals surface area contributed by atoms with Gasteiger partial charge in [-0.15, -0.1) is 0 Å². The molecule has 0 radical (unpaired) electrons. The van der Waals surface area contributed by atoms with Gasteiger partial charge in [0.15, 0.2) is 0 Å². The molecule has 1 N–H and O–H groups in total. The summed E-state index contributed by atoms with van der Waals surface area (Å²) < 4.78 is 0.904. The van der Waals surface area contributed by atoms with Crippen molar-refractivity contribution < 1.29 is 9.59 Å². The number of likely N-dealkylation sites (N-methyl/N-ethyl adjacent to an activating group) is 2. The van der Waals surface area contributed by atoms with Gasteiger partial charge in [0.25, 0.3) is 0 Å². The lowest BCUT2D eigenvalue weighted by Gasteiger charge is -2.30. The summed E-state index contributed by atoms with van der Waals surface area (Å²) in [5.74, 6) is 0. The third kappa shape index (κ3) is 5.52. The molecule has 0 aliphatic heterocycles. The molecular weight excluding hydrogens is 152 g/mol. The summed E-state index contributed by atoms with van der Waals surface area (Å²) in [6.07, 6.45) is 0. The summed E-state index contributed by atoms with van der Waals surface area (Å²) in [5, 5.41) is 8.80. The molecule has 0 atom stereocenters. The minimum atomic E-state index is 0.281. The number of aliphatic hydroxyl groups excluding tert-OH is 1. The zero-order valence-electron chi connectivity index (χ0n) is 8.88. The van der Waals surface area contributed by atoms with Gasteiger partial charge in [0.05, 0.1) is 27.2 Å². The van der Waals surface area contributed by atoms with Gasteiger partial charge >= 0.3 is 0 Å². The lowest BCUT2D eigenvalue weighted by Crippen LogP contribution is -2.46. The van der Waals surface area contributed by atoms with Crippen molar-refractivity contribution in [3.8, 4) is 0 Å². The maximum atomic E-state index is 8.80. The highest BCUT2D eigenvalue weighted by Gasteiger charge is 2.13. The van der Waals surface area contributed by atoms with Crippen LogP contribution in [-0.2, 0) is 0 Å². The van der Waals surface area contributed by atoms with Crippen LogP contribution < -0.4 is 0 Å². The molecule has 0 saturated heterocycles. The molecule has 0 bridgehead atoms. The van der Waals surface area contributed by atoms with Gasteiger partial charge in [0, 0.05) is 6.54 Å². The molecule has 12 heavy (non-hydrogen) atoms. The molecule has 3 nitrogen and oxygen atoms in total. The smallest absolute Gasteiger partial charge is 0.102 e. The van der Waals surface area contributed by atoms with E-state index in [0.29, 0.717) is 0 Å². The Bertz CT molecular complexity index is 115. The quantitative estimate of drug-likeness (QED) is 0.575. The Hall–Kier alpha value is -0.120. The second kappa shape index (κ2) is 5.51. The van der Waals surface area contributed by atoms with E-state index in [-0.39, 0.29) is 6.61 Å². The fraction of sp³-hybridized carbons (Fsp3) is 1.00. The van der Waals surface area contributed by atoms with E-state index in [1.54, 1.807) is 0 Å². The lowest BCUT2D eigenvalue weighted by molar-refractivity contribution is -0.890. The van der Waals surface area contributed by atoms with Gasteiger partial charge in [-0.1, -0.05) is 6.92 Å². The molecule has 0 saturated carbocycles. The monoisotopic (exact) mass is 175 g/mol. The zero-order valence-corrected chi connectivity index (χ0v) is 8.88. The standard InChI is InChI=1S/C9H23N2O/c1-5-10(2)6-7-11(3,4)8-9-12/h12H,5-9H2,1-4H3/q+1. The van der Waals surface area contributed by atoms with Crippen LogP contribution in [0.5, 0.6) is 0 Å². The van der Waals surface area contributed by atoms with E-state index in [4.69, 9.17) is 5.11 Å². The Morgan fingerprint density at radius 1 is 1.25 bits per heavy atom. The van der Waals surface area contributed by atoms with Crippen molar-refractivity contribution in [2.75, 3.05) is 53.9 Å². The Labute approximate surface area is 76.2 Å². The summed E-state index contributed by atoms with van der Waals surface area (Å²) in [4.78, 5) is 2.29. The van der Waals surface area contributed by atoms with Crippen LogP contribution >= 0.6 is 0 Å². The highest BCUT2D eigenvalue weighted by Crippen LogP contribution is 1.96. The van der Waals surface area contributed by atoms with Gasteiger partial charge in [0.1, 0.15) is 6.54 Å². The van der Waals surface area contributed by atoms with Crippen LogP contribution in [0, 0.1) is 0 Å². The maximum absolute atomic E-state index is 8.80. The Balaban J connectivity index is 3.59. The Kier molecular flexibility index (Phi) is 5.46. The van der Waals surface area contributed by atoms with Crippen molar-refractivity contribution in [3.63, 3.8) is 0 Å². The fourth-order valence-electron chi connectivity index (χ4n) is 0.982. The number of nitrogens with zero attached hydrogens (tertiary/aromatic N) is 2. The first kappa shape index (κ1) is 11.9. The third-order valence-corrected chi connectivity index (χ3v) is 2.33. The average Bonchev–Trinajstić information content (AvgIpc) is 2.00. The first-order valence-electron chi connectivity index (χ1n) is 4.63. The van der Waals surface area contributed by atoms with E-state index in [1.165, 1.54) is 0 Å². The van der Waals surface area contributed by atoms with Gasteiger partial charge in [-0.2, -0.15) is 0 Å². The molecule has 0 heterocycles. The highest BCUT2D eigenvalue weighted by atomic mass is 16.3. The molecule has 0 aromatic rings. The molecule has 0 spiro atoms. The summed E-state index contributed by atoms with van der Waals surface area (Å²) in [7, 11) is 6.43. The van der Waals surface area contributed by atoms with E-state index in [0.717, 1.165) is 30.7 Å². The molecule has 3 heteroatoms. The predicted octanol–water partition coefficient (Wildman–Crippen LogP) is 0.00680. The van der Waals surface area contributed by atoms with E-state index >= 15 is 0 Å². The minimum absolute atomic E-state index is 0.281. The summed E-state index contributed by atoms with van der Waals surface area (Å²) >= 11 is 0. The number of quaternary nitrogens is 1. The Morgan fingerprint density at radius 2 is 1.83 bits per heavy atom. The zero-order chi connectivity index (χ0) is 9.61. The Morgan fingerprint density at radius 3 is 2.25 bits per heavy atom. The largest absolute Gasteiger partial charge is 0.391 e. The average molecular weight is 175 g/mol. The van der Waals surface area contributed by atoms with Gasteiger partial charge in [-0.25, -0.2) is 0 Å². The fourth-order valence-corrected chi connectivity index (χ4v) is 0.982. The molecule has 0 aromatic heterocycles. The van der Waals surface area contributed by atoms with Gasteiger partial charge < -0.3 is 14.5 Å². The summed E-state index contributed by atoms with van der Waals surface area (Å²) in [6, 6.07) is 0. The second-order valence-corrected chi connectivity index (χ2v) is 4.00. The topological polar surface area (TPSA) is 23.5 Å². The van der Waals surface area contributed by atoms with Crippen LogP contribution in [-0.4, -0.2) is 68.4 Å². The first-order chi connectivity index (χ1) is 5.52. The van der Waals surface area contributed by atoms with Crippen LogP contribution in [0.25, 0.3) is 0 Å². The van der Waals surface area contributed by atoms with Crippen LogP contribution in [0.4, 0.5) is 0 Å². The van der Waals surface area contributed by atoms with Gasteiger partial charge in [-0.3, -0.25) is 0 Å². The van der Waals surface area contributed by atoms with Crippen molar-refractivity contribution in [1.29, 1.82) is 0 Å². The maximum Gasteiger partial charge on any atom is 0.102 e. The summed E-state index contributed by atoms with van der Waals surface area (Å²) in [6.45, 7) is 6.58. The normalized spacial score (nSPS) is 12.5. The second-order valence-electron chi connectivity index (χ2n) is 4.00. The van der Waals surface area contributed by atoms with Gasteiger partial charge in [0.2, 0.25) is 0 Å². The van der Waals surface area contributed by atoms with Crippen LogP contribution in [0.1, 0.15) is 6.92 Å². The number of hydrogen-bond acceptors (Lipinski definition) is 2. The SMILES string of the molecule is CCN(C)CC[N+](C)(C)CCO. The highest BCUT2D eigenvalue weighted by molar-refractivity contribution is 4.45. The molecule has 0 aliphatic carbocycles. The van der Waals surface area contributed by atoms with E-state index in [1.807, 2.05) is 0 Å². The molecule has 0 amide bonds. The lowest BCUT2D eigenvalue weighted by atomic mass is 10.4. The number of hydrogen-bond donors (Lipinski definition) is 1. The van der Waals surface area contributed by atoms with Crippen molar-refractivity contribution in [2.45, 2.75) is 6.92 Å². The molecule has 0 aliphatic rings. The van der Waals surface area contributed by atoms with Crippen molar-refractivity contribution in [2.24, 2.45) is 0 Å². The molecular formula is C9H23N2O+. The van der Waals surface area contributed by atoms with Crippen molar-refractivity contribution >= 4 is 0 Å². The first-order valence-corrected chi connectivity index (χ1v) is 4.63. The van der Waals surface area contributed by atoms with E-state index in [2.05, 4.69) is 33.0 Å². The summed E-state index contributed by atoms with van der Waals surface area (Å²) in [5.41, 5.74) is 0. The number of rotatable bonds is 6. The third-order valence-electron chi connectivity index (χ3n) is 2.33. The van der Waals surface area contributed by atoms with E-state index < -0.39 is 0 Å². The van der Waals surface area contributed by atoms with Crippen LogP contribution in [0.3, 0.4) is 0 Å². The molecule has 0 fully saturated rings. The molecule has 74 valence electrons. The number of aliphatic hydroxyl groups is 1. The molecule has 0 aromatic carbocycles. The van der Waals surface area contributed by atoms with Crippen LogP contribution in [0.15, 0.2) is 0 Å².